The number of nitrogens with zero attached hydrogens (tertiary/aromatic N) is 5. The van der Waals surface area contributed by atoms with E-state index in [-0.39, 0.29) is 11.8 Å². The standard InChI is InChI=1S/C44H26N4O2.C2H3N/c45-25-28-23-32(27-46-26-28)33-16-9-17-35-34-15-7-8-19-38(34)47(42(33)35)40-20-10-18-36-41(40)44(50)48(43(36)49)39-22-21-31(29-11-3-1-4-12-29)24-37(39)30-13-5-2-6-14-30;1-2-3/h1-24,26-27H;1H3. The van der Waals surface area contributed by atoms with Crippen molar-refractivity contribution in [3.8, 4) is 51.2 Å². The van der Waals surface area contributed by atoms with Gasteiger partial charge in [0.05, 0.1) is 45.2 Å². The summed E-state index contributed by atoms with van der Waals surface area (Å²) in [7, 11) is 0. The molecule has 9 rings (SSSR count). The van der Waals surface area contributed by atoms with Gasteiger partial charge in [0.25, 0.3) is 11.8 Å². The van der Waals surface area contributed by atoms with E-state index in [0.717, 1.165) is 55.2 Å². The molecule has 0 atom stereocenters. The second kappa shape index (κ2) is 13.6. The summed E-state index contributed by atoms with van der Waals surface area (Å²) in [4.78, 5) is 34.9. The van der Waals surface area contributed by atoms with Crippen molar-refractivity contribution >= 4 is 39.3 Å². The normalized spacial score (nSPS) is 11.9. The monoisotopic (exact) mass is 683 g/mol. The average molecular weight is 684 g/mol. The predicted octanol–water partition coefficient (Wildman–Crippen LogP) is 10.4. The lowest BCUT2D eigenvalue weighted by Gasteiger charge is -2.20. The number of hydrogen-bond donors (Lipinski definition) is 0. The second-order valence-electron chi connectivity index (χ2n) is 12.5. The molecule has 2 amide bonds. The van der Waals surface area contributed by atoms with E-state index in [1.807, 2.05) is 127 Å². The van der Waals surface area contributed by atoms with Crippen molar-refractivity contribution in [2.75, 3.05) is 4.90 Å². The van der Waals surface area contributed by atoms with Crippen molar-refractivity contribution in [3.63, 3.8) is 0 Å². The highest BCUT2D eigenvalue weighted by molar-refractivity contribution is 6.36. The molecule has 7 nitrogen and oxygen atoms in total. The topological polar surface area (TPSA) is 103 Å². The highest BCUT2D eigenvalue weighted by Gasteiger charge is 2.40. The maximum absolute atomic E-state index is 14.8. The van der Waals surface area contributed by atoms with Crippen LogP contribution in [0.3, 0.4) is 0 Å². The van der Waals surface area contributed by atoms with E-state index >= 15 is 0 Å². The fourth-order valence-electron chi connectivity index (χ4n) is 7.21. The molecule has 3 heterocycles. The molecule has 0 fully saturated rings. The van der Waals surface area contributed by atoms with Gasteiger partial charge in [-0.2, -0.15) is 10.5 Å². The summed E-state index contributed by atoms with van der Waals surface area (Å²) in [5.74, 6) is -0.759. The summed E-state index contributed by atoms with van der Waals surface area (Å²) in [6, 6.07) is 51.1. The quantitative estimate of drug-likeness (QED) is 0.168. The molecule has 8 aromatic rings. The molecule has 53 heavy (non-hydrogen) atoms. The van der Waals surface area contributed by atoms with Crippen LogP contribution in [-0.2, 0) is 0 Å². The van der Waals surface area contributed by atoms with Crippen LogP contribution in [0.1, 0.15) is 33.2 Å². The number of rotatable bonds is 5. The molecule has 0 N–H and O–H groups in total. The van der Waals surface area contributed by atoms with E-state index in [9.17, 15) is 14.9 Å². The number of amides is 2. The van der Waals surface area contributed by atoms with Gasteiger partial charge in [-0.15, -0.1) is 0 Å². The number of anilines is 1. The van der Waals surface area contributed by atoms with Gasteiger partial charge in [0.1, 0.15) is 6.07 Å². The summed E-state index contributed by atoms with van der Waals surface area (Å²) in [6.07, 6.45) is 3.28. The van der Waals surface area contributed by atoms with Gasteiger partial charge in [0.15, 0.2) is 0 Å². The number of carbonyl (C=O) groups excluding carboxylic acids is 2. The first-order valence-corrected chi connectivity index (χ1v) is 17.0. The Balaban J connectivity index is 0.00000129. The molecule has 0 spiro atoms. The molecular weight excluding hydrogens is 655 g/mol. The molecule has 0 unspecified atom stereocenters. The number of hydrogen-bond acceptors (Lipinski definition) is 5. The van der Waals surface area contributed by atoms with E-state index in [2.05, 4.69) is 27.8 Å². The third-order valence-electron chi connectivity index (χ3n) is 9.44. The van der Waals surface area contributed by atoms with E-state index in [1.165, 1.54) is 18.0 Å². The van der Waals surface area contributed by atoms with Gasteiger partial charge in [-0.05, 0) is 53.1 Å². The Hall–Kier alpha value is -7.61. The number of aromatic nitrogens is 2. The number of pyridine rings is 1. The van der Waals surface area contributed by atoms with Crippen LogP contribution in [0.5, 0.6) is 0 Å². The summed E-state index contributed by atoms with van der Waals surface area (Å²) in [6.45, 7) is 1.43. The number of carbonyl (C=O) groups is 2. The van der Waals surface area contributed by atoms with Gasteiger partial charge in [0, 0.05) is 46.8 Å². The largest absolute Gasteiger partial charge is 0.308 e. The summed E-state index contributed by atoms with van der Waals surface area (Å²) in [5.41, 5.74) is 9.36. The van der Waals surface area contributed by atoms with Gasteiger partial charge in [-0.3, -0.25) is 14.6 Å². The number of para-hydroxylation sites is 2. The summed E-state index contributed by atoms with van der Waals surface area (Å²) >= 11 is 0. The van der Waals surface area contributed by atoms with Gasteiger partial charge >= 0.3 is 0 Å². The molecule has 1 aliphatic rings. The Morgan fingerprint density at radius 2 is 1.21 bits per heavy atom. The molecular formula is C46H29N5O2. The first-order chi connectivity index (χ1) is 26.0. The third-order valence-corrected chi connectivity index (χ3v) is 9.44. The van der Waals surface area contributed by atoms with Gasteiger partial charge < -0.3 is 4.57 Å². The minimum atomic E-state index is -0.387. The maximum atomic E-state index is 14.8. The van der Waals surface area contributed by atoms with Crippen LogP contribution in [0.25, 0.3) is 60.9 Å². The highest BCUT2D eigenvalue weighted by Crippen LogP contribution is 2.43. The minimum Gasteiger partial charge on any atom is -0.308 e. The lowest BCUT2D eigenvalue weighted by atomic mass is 9.97. The number of fused-ring (bicyclic) bond motifs is 4. The zero-order chi connectivity index (χ0) is 36.5. The second-order valence-corrected chi connectivity index (χ2v) is 12.5. The van der Waals surface area contributed by atoms with Crippen molar-refractivity contribution in [2.45, 2.75) is 6.92 Å². The van der Waals surface area contributed by atoms with Crippen LogP contribution in [0.15, 0.2) is 158 Å². The Bertz CT molecular complexity index is 2810. The fraction of sp³-hybridized carbons (Fsp3) is 0.0217. The zero-order valence-corrected chi connectivity index (χ0v) is 28.6. The van der Waals surface area contributed by atoms with Crippen LogP contribution in [0.2, 0.25) is 0 Å². The summed E-state index contributed by atoms with van der Waals surface area (Å²) < 4.78 is 2.07. The number of benzene rings is 6. The van der Waals surface area contributed by atoms with Gasteiger partial charge in [0.2, 0.25) is 0 Å². The molecule has 0 saturated carbocycles. The first kappa shape index (κ1) is 32.6. The zero-order valence-electron chi connectivity index (χ0n) is 28.6. The molecule has 0 bridgehead atoms. The van der Waals surface area contributed by atoms with Crippen molar-refractivity contribution < 1.29 is 9.59 Å². The van der Waals surface area contributed by atoms with Crippen molar-refractivity contribution in [2.24, 2.45) is 0 Å². The summed E-state index contributed by atoms with van der Waals surface area (Å²) in [5, 5.41) is 18.9. The van der Waals surface area contributed by atoms with Gasteiger partial charge in [-0.1, -0.05) is 109 Å². The smallest absolute Gasteiger partial charge is 0.268 e. The Labute approximate surface area is 305 Å². The van der Waals surface area contributed by atoms with E-state index in [1.54, 1.807) is 18.3 Å². The van der Waals surface area contributed by atoms with E-state index in [0.29, 0.717) is 28.1 Å². The number of nitriles is 2. The van der Waals surface area contributed by atoms with Crippen LogP contribution in [0.4, 0.5) is 5.69 Å². The molecule has 0 radical (unpaired) electrons. The van der Waals surface area contributed by atoms with Crippen molar-refractivity contribution in [3.05, 3.63) is 175 Å². The Kier molecular flexibility index (Phi) is 8.36. The Morgan fingerprint density at radius 1 is 0.547 bits per heavy atom. The molecule has 0 aliphatic carbocycles. The predicted molar refractivity (Wildman–Crippen MR) is 208 cm³/mol. The first-order valence-electron chi connectivity index (χ1n) is 17.0. The van der Waals surface area contributed by atoms with Crippen LogP contribution >= 0.6 is 0 Å². The third kappa shape index (κ3) is 5.50. The lowest BCUT2D eigenvalue weighted by molar-refractivity contribution is 0.0926. The van der Waals surface area contributed by atoms with Crippen LogP contribution < -0.4 is 4.90 Å². The highest BCUT2D eigenvalue weighted by atomic mass is 16.2. The maximum Gasteiger partial charge on any atom is 0.268 e. The van der Waals surface area contributed by atoms with Crippen molar-refractivity contribution in [1.29, 1.82) is 10.5 Å². The molecule has 0 saturated heterocycles. The number of imide groups is 1. The fourth-order valence-corrected chi connectivity index (χ4v) is 7.21. The molecule has 1 aliphatic heterocycles. The van der Waals surface area contributed by atoms with Crippen molar-refractivity contribution in [1.82, 2.24) is 9.55 Å². The SMILES string of the molecule is CC#N.N#Cc1cncc(-c2cccc3c4ccccc4n(-c4cccc5c4C(=O)N(c4ccc(-c6ccccc6)cc4-c4ccccc4)C5=O)c23)c1. The molecule has 250 valence electrons. The van der Waals surface area contributed by atoms with Gasteiger partial charge in [-0.25, -0.2) is 4.90 Å². The van der Waals surface area contributed by atoms with Crippen LogP contribution in [-0.4, -0.2) is 21.4 Å². The molecule has 2 aromatic heterocycles. The van der Waals surface area contributed by atoms with E-state index < -0.39 is 0 Å². The Morgan fingerprint density at radius 3 is 1.96 bits per heavy atom. The minimum absolute atomic E-state index is 0.338. The van der Waals surface area contributed by atoms with E-state index in [4.69, 9.17) is 5.26 Å². The van der Waals surface area contributed by atoms with Crippen LogP contribution in [0, 0.1) is 22.7 Å². The molecule has 7 heteroatoms. The molecule has 6 aromatic carbocycles. The average Bonchev–Trinajstić information content (AvgIpc) is 3.69. The lowest BCUT2D eigenvalue weighted by Crippen LogP contribution is -2.30.